The lowest BCUT2D eigenvalue weighted by Gasteiger charge is -2.26. The number of carbonyl (C=O) groups excluding carboxylic acids is 1. The molecule has 0 aromatic heterocycles. The van der Waals surface area contributed by atoms with E-state index in [0.29, 0.717) is 6.42 Å². The Kier molecular flexibility index (Phi) is 9.06. The summed E-state index contributed by atoms with van der Waals surface area (Å²) in [7, 11) is -1.44. The van der Waals surface area contributed by atoms with Crippen LogP contribution in [0.5, 0.6) is 0 Å². The first-order chi connectivity index (χ1) is 14.7. The summed E-state index contributed by atoms with van der Waals surface area (Å²) in [6.45, 7) is 10.7. The van der Waals surface area contributed by atoms with E-state index in [4.69, 9.17) is 10.00 Å². The highest BCUT2D eigenvalue weighted by Crippen LogP contribution is 2.29. The van der Waals surface area contributed by atoms with Gasteiger partial charge >= 0.3 is 0 Å². The molecule has 0 aliphatic heterocycles. The Morgan fingerprint density at radius 1 is 1.03 bits per heavy atom. The van der Waals surface area contributed by atoms with E-state index in [0.717, 1.165) is 16.7 Å². The first kappa shape index (κ1) is 24.4. The van der Waals surface area contributed by atoms with Crippen molar-refractivity contribution < 1.29 is 9.53 Å². The summed E-state index contributed by atoms with van der Waals surface area (Å²) in [5.41, 5.74) is 6.30. The SMILES string of the molecule is CC(C)C[C@H](OC(c1ccccc1)c1ccc(C#C[Si](C)(C)C)cc1)C(=O)NCC#N. The van der Waals surface area contributed by atoms with Gasteiger partial charge < -0.3 is 10.1 Å². The van der Waals surface area contributed by atoms with Crippen LogP contribution in [0.3, 0.4) is 0 Å². The normalized spacial score (nSPS) is 12.9. The fraction of sp³-hybridized carbons (Fsp3) is 0.385. The van der Waals surface area contributed by atoms with Crippen LogP contribution in [-0.2, 0) is 9.53 Å². The summed E-state index contributed by atoms with van der Waals surface area (Å²) in [5, 5.41) is 11.5. The monoisotopic (exact) mass is 432 g/mol. The maximum Gasteiger partial charge on any atom is 0.250 e. The molecule has 0 fully saturated rings. The molecule has 1 N–H and O–H groups in total. The average molecular weight is 433 g/mol. The molecule has 2 aromatic rings. The van der Waals surface area contributed by atoms with Crippen LogP contribution >= 0.6 is 0 Å². The largest absolute Gasteiger partial charge is 0.356 e. The average Bonchev–Trinajstić information content (AvgIpc) is 2.73. The molecule has 0 radical (unpaired) electrons. The van der Waals surface area contributed by atoms with Crippen LogP contribution in [0.25, 0.3) is 0 Å². The zero-order valence-corrected chi connectivity index (χ0v) is 20.1. The van der Waals surface area contributed by atoms with Crippen molar-refractivity contribution in [2.24, 2.45) is 5.92 Å². The molecule has 0 heterocycles. The molecule has 5 heteroatoms. The fourth-order valence-electron chi connectivity index (χ4n) is 3.04. The minimum Gasteiger partial charge on any atom is -0.356 e. The Morgan fingerprint density at radius 2 is 1.65 bits per heavy atom. The second-order valence-corrected chi connectivity index (χ2v) is 13.8. The molecule has 1 amide bonds. The van der Waals surface area contributed by atoms with Gasteiger partial charge in [-0.15, -0.1) is 5.54 Å². The standard InChI is InChI=1S/C26H32N2O2Si/c1-20(2)19-24(26(29)28-17-16-27)30-25(22-9-7-6-8-10-22)23-13-11-21(12-14-23)15-18-31(3,4)5/h6-14,20,24-25H,17,19H2,1-5H3,(H,28,29)/t24-,25?/m0/s1. The quantitative estimate of drug-likeness (QED) is 0.360. The van der Waals surface area contributed by atoms with Gasteiger partial charge in [0.25, 0.3) is 0 Å². The van der Waals surface area contributed by atoms with Crippen molar-refractivity contribution in [3.8, 4) is 17.5 Å². The number of benzene rings is 2. The van der Waals surface area contributed by atoms with Gasteiger partial charge in [-0.2, -0.15) is 5.26 Å². The topological polar surface area (TPSA) is 62.1 Å². The van der Waals surface area contributed by atoms with Crippen molar-refractivity contribution in [3.05, 3.63) is 71.3 Å². The zero-order valence-electron chi connectivity index (χ0n) is 19.1. The maximum atomic E-state index is 12.7. The third kappa shape index (κ3) is 8.42. The second-order valence-electron chi connectivity index (χ2n) is 9.04. The Labute approximate surface area is 187 Å². The van der Waals surface area contributed by atoms with E-state index in [1.54, 1.807) is 0 Å². The van der Waals surface area contributed by atoms with Crippen LogP contribution in [0.15, 0.2) is 54.6 Å². The van der Waals surface area contributed by atoms with E-state index in [2.05, 4.69) is 50.3 Å². The summed E-state index contributed by atoms with van der Waals surface area (Å²) < 4.78 is 6.40. The first-order valence-electron chi connectivity index (χ1n) is 10.7. The molecule has 0 aliphatic carbocycles. The van der Waals surface area contributed by atoms with Crippen LogP contribution < -0.4 is 5.32 Å². The summed E-state index contributed by atoms with van der Waals surface area (Å²) in [6, 6.07) is 19.9. The van der Waals surface area contributed by atoms with Crippen LogP contribution in [0, 0.1) is 28.7 Å². The summed E-state index contributed by atoms with van der Waals surface area (Å²) in [4.78, 5) is 12.7. The van der Waals surface area contributed by atoms with Gasteiger partial charge in [0.2, 0.25) is 5.91 Å². The third-order valence-electron chi connectivity index (χ3n) is 4.52. The third-order valence-corrected chi connectivity index (χ3v) is 5.39. The Hall–Kier alpha value is -2.86. The Balaban J connectivity index is 2.35. The van der Waals surface area contributed by atoms with Crippen molar-refractivity contribution in [3.63, 3.8) is 0 Å². The van der Waals surface area contributed by atoms with Gasteiger partial charge in [0.05, 0.1) is 6.07 Å². The number of hydrogen-bond acceptors (Lipinski definition) is 3. The van der Waals surface area contributed by atoms with Gasteiger partial charge in [0.1, 0.15) is 26.8 Å². The van der Waals surface area contributed by atoms with Crippen molar-refractivity contribution in [1.29, 1.82) is 5.26 Å². The molecule has 1 unspecified atom stereocenters. The van der Waals surface area contributed by atoms with Crippen molar-refractivity contribution >= 4 is 14.0 Å². The van der Waals surface area contributed by atoms with Crippen molar-refractivity contribution in [2.75, 3.05) is 6.54 Å². The Bertz CT molecular complexity index is 945. The highest BCUT2D eigenvalue weighted by molar-refractivity contribution is 6.83. The molecule has 0 saturated heterocycles. The molecule has 31 heavy (non-hydrogen) atoms. The van der Waals surface area contributed by atoms with E-state index in [1.807, 2.05) is 60.7 Å². The number of ether oxygens (including phenoxy) is 1. The highest BCUT2D eigenvalue weighted by atomic mass is 28.3. The number of amides is 1. The van der Waals surface area contributed by atoms with Crippen molar-refractivity contribution in [2.45, 2.75) is 52.1 Å². The van der Waals surface area contributed by atoms with E-state index in [9.17, 15) is 4.79 Å². The predicted molar refractivity (Wildman–Crippen MR) is 128 cm³/mol. The predicted octanol–water partition coefficient (Wildman–Crippen LogP) is 5.08. The molecular formula is C26H32N2O2Si. The molecule has 0 bridgehead atoms. The molecule has 0 saturated carbocycles. The minimum absolute atomic E-state index is 0.0305. The fourth-order valence-corrected chi connectivity index (χ4v) is 3.55. The first-order valence-corrected chi connectivity index (χ1v) is 14.2. The van der Waals surface area contributed by atoms with E-state index in [-0.39, 0.29) is 18.4 Å². The van der Waals surface area contributed by atoms with E-state index >= 15 is 0 Å². The van der Waals surface area contributed by atoms with Gasteiger partial charge in [0.15, 0.2) is 0 Å². The number of nitrogens with one attached hydrogen (secondary N) is 1. The van der Waals surface area contributed by atoms with E-state index in [1.165, 1.54) is 0 Å². The number of nitrogens with zero attached hydrogens (tertiary/aromatic N) is 1. The minimum atomic E-state index is -1.44. The summed E-state index contributed by atoms with van der Waals surface area (Å²) >= 11 is 0. The second kappa shape index (κ2) is 11.5. The van der Waals surface area contributed by atoms with Gasteiger partial charge in [-0.3, -0.25) is 4.79 Å². The number of hydrogen-bond donors (Lipinski definition) is 1. The smallest absolute Gasteiger partial charge is 0.250 e. The molecule has 0 aliphatic rings. The number of nitriles is 1. The molecule has 2 atom stereocenters. The molecule has 162 valence electrons. The lowest BCUT2D eigenvalue weighted by molar-refractivity contribution is -0.136. The highest BCUT2D eigenvalue weighted by Gasteiger charge is 2.26. The molecular weight excluding hydrogens is 400 g/mol. The van der Waals surface area contributed by atoms with Crippen LogP contribution in [-0.4, -0.2) is 26.6 Å². The Morgan fingerprint density at radius 3 is 2.19 bits per heavy atom. The van der Waals surface area contributed by atoms with Gasteiger partial charge in [0, 0.05) is 5.56 Å². The van der Waals surface area contributed by atoms with Gasteiger partial charge in [-0.25, -0.2) is 0 Å². The van der Waals surface area contributed by atoms with Crippen molar-refractivity contribution in [1.82, 2.24) is 5.32 Å². The van der Waals surface area contributed by atoms with E-state index < -0.39 is 20.3 Å². The lowest BCUT2D eigenvalue weighted by atomic mass is 9.99. The molecule has 4 nitrogen and oxygen atoms in total. The lowest BCUT2D eigenvalue weighted by Crippen LogP contribution is -2.38. The van der Waals surface area contributed by atoms with Gasteiger partial charge in [-0.1, -0.05) is 81.9 Å². The van der Waals surface area contributed by atoms with Crippen LogP contribution in [0.1, 0.15) is 43.1 Å². The summed E-state index contributed by atoms with van der Waals surface area (Å²) in [6.07, 6.45) is -0.470. The molecule has 0 spiro atoms. The number of rotatable bonds is 8. The molecule has 2 aromatic carbocycles. The summed E-state index contributed by atoms with van der Waals surface area (Å²) in [5.74, 6) is 3.29. The maximum absolute atomic E-state index is 12.7. The van der Waals surface area contributed by atoms with Gasteiger partial charge in [-0.05, 0) is 35.6 Å². The zero-order chi connectivity index (χ0) is 22.9. The van der Waals surface area contributed by atoms with Crippen LogP contribution in [0.2, 0.25) is 19.6 Å². The van der Waals surface area contributed by atoms with Crippen LogP contribution in [0.4, 0.5) is 0 Å². The molecule has 2 rings (SSSR count). The number of carbonyl (C=O) groups is 1.